The van der Waals surface area contributed by atoms with E-state index in [0.717, 1.165) is 37.5 Å². The van der Waals surface area contributed by atoms with Crippen LogP contribution in [0.3, 0.4) is 0 Å². The topological polar surface area (TPSA) is 108 Å². The predicted molar refractivity (Wildman–Crippen MR) is 101 cm³/mol. The molecule has 29 heavy (non-hydrogen) atoms. The lowest BCUT2D eigenvalue weighted by Crippen LogP contribution is -2.48. The number of hydrogen-bond acceptors (Lipinski definition) is 7. The van der Waals surface area contributed by atoms with Crippen molar-refractivity contribution in [2.75, 3.05) is 0 Å². The number of rotatable bonds is 5. The van der Waals surface area contributed by atoms with Gasteiger partial charge in [-0.2, -0.15) is 0 Å². The third kappa shape index (κ3) is 3.30. The fourth-order valence-corrected chi connectivity index (χ4v) is 5.85. The van der Waals surface area contributed by atoms with Gasteiger partial charge in [-0.1, -0.05) is 0 Å². The summed E-state index contributed by atoms with van der Waals surface area (Å²) in [5.41, 5.74) is 0.570. The highest BCUT2D eigenvalue weighted by atomic mass is 16.6. The number of nitrogens with zero attached hydrogens (tertiary/aromatic N) is 3. The molecule has 4 fully saturated rings. The van der Waals surface area contributed by atoms with Crippen LogP contribution in [0.25, 0.3) is 11.5 Å². The Bertz CT molecular complexity index is 910. The van der Waals surface area contributed by atoms with Crippen LogP contribution >= 0.6 is 0 Å². The van der Waals surface area contributed by atoms with Crippen molar-refractivity contribution in [3.63, 3.8) is 0 Å². The number of carbonyl (C=O) groups excluding carboxylic acids is 1. The lowest BCUT2D eigenvalue weighted by Gasteiger charge is -2.53. The summed E-state index contributed by atoms with van der Waals surface area (Å²) in [6.07, 6.45) is 5.35. The smallest absolute Gasteiger partial charge is 0.310 e. The molecule has 4 saturated carbocycles. The molecule has 0 unspecified atom stereocenters. The number of carbonyl (C=O) groups is 1. The molecule has 8 heteroatoms. The summed E-state index contributed by atoms with van der Waals surface area (Å²) in [5, 5.41) is 18.8. The minimum absolute atomic E-state index is 0.00214. The first kappa shape index (κ1) is 18.3. The maximum absolute atomic E-state index is 12.9. The predicted octanol–water partition coefficient (Wildman–Crippen LogP) is 4.32. The maximum Gasteiger partial charge on any atom is 0.310 e. The van der Waals surface area contributed by atoms with Crippen LogP contribution < -0.4 is 0 Å². The molecular formula is C21H23N3O5. The molecule has 1 aromatic heterocycles. The highest BCUT2D eigenvalue weighted by molar-refractivity contribution is 5.74. The van der Waals surface area contributed by atoms with Gasteiger partial charge in [-0.05, 0) is 74.8 Å². The molecule has 152 valence electrons. The molecule has 4 bridgehead atoms. The van der Waals surface area contributed by atoms with Crippen LogP contribution in [0.15, 0.2) is 28.7 Å². The zero-order chi connectivity index (χ0) is 20.1. The summed E-state index contributed by atoms with van der Waals surface area (Å²) in [4.78, 5) is 23.2. The van der Waals surface area contributed by atoms with Gasteiger partial charge in [0.05, 0.1) is 10.8 Å². The highest BCUT2D eigenvalue weighted by Gasteiger charge is 2.51. The number of benzene rings is 1. The van der Waals surface area contributed by atoms with Gasteiger partial charge in [0.15, 0.2) is 6.10 Å². The quantitative estimate of drug-likeness (QED) is 0.420. The largest absolute Gasteiger partial charge is 0.452 e. The van der Waals surface area contributed by atoms with E-state index in [1.54, 1.807) is 19.1 Å². The molecule has 1 heterocycles. The standard InChI is InChI=1S/C21H23N3O5/c1-11(19-22-23-20(29-19)14-2-4-17(5-3-14)24(26)27)28-21(25)18-15-7-12-6-13(9-15)10-16(18)8-12/h2-5,11-13,15-16,18H,6-10H2,1H3/t11-,12?,13?,15?,16?,18?/m0/s1. The van der Waals surface area contributed by atoms with E-state index < -0.39 is 11.0 Å². The molecule has 0 radical (unpaired) electrons. The van der Waals surface area contributed by atoms with Crippen molar-refractivity contribution < 1.29 is 18.9 Å². The van der Waals surface area contributed by atoms with E-state index in [4.69, 9.17) is 9.15 Å². The molecule has 0 aliphatic heterocycles. The van der Waals surface area contributed by atoms with Gasteiger partial charge in [0.1, 0.15) is 0 Å². The molecule has 0 N–H and O–H groups in total. The monoisotopic (exact) mass is 397 g/mol. The second-order valence-electron chi connectivity index (χ2n) is 8.79. The average molecular weight is 397 g/mol. The Morgan fingerprint density at radius 1 is 1.10 bits per heavy atom. The first-order valence-electron chi connectivity index (χ1n) is 10.3. The lowest BCUT2D eigenvalue weighted by atomic mass is 9.52. The van der Waals surface area contributed by atoms with Crippen molar-refractivity contribution in [3.05, 3.63) is 40.3 Å². The molecule has 1 aromatic carbocycles. The van der Waals surface area contributed by atoms with Crippen molar-refractivity contribution >= 4 is 11.7 Å². The van der Waals surface area contributed by atoms with Gasteiger partial charge in [0, 0.05) is 17.7 Å². The van der Waals surface area contributed by atoms with E-state index in [-0.39, 0.29) is 29.4 Å². The van der Waals surface area contributed by atoms with E-state index in [1.165, 1.54) is 18.6 Å². The van der Waals surface area contributed by atoms with Crippen LogP contribution in [0.4, 0.5) is 5.69 Å². The summed E-state index contributed by atoms with van der Waals surface area (Å²) in [6.45, 7) is 1.74. The highest BCUT2D eigenvalue weighted by Crippen LogP contribution is 2.56. The second-order valence-corrected chi connectivity index (χ2v) is 8.79. The molecule has 0 amide bonds. The molecule has 1 atom stereocenters. The molecule has 4 aliphatic carbocycles. The summed E-state index contributed by atoms with van der Waals surface area (Å²) < 4.78 is 11.4. The first-order valence-corrected chi connectivity index (χ1v) is 10.3. The Morgan fingerprint density at radius 2 is 1.72 bits per heavy atom. The second kappa shape index (κ2) is 6.93. The summed E-state index contributed by atoms with van der Waals surface area (Å²) >= 11 is 0. The maximum atomic E-state index is 12.9. The van der Waals surface area contributed by atoms with E-state index >= 15 is 0 Å². The Hall–Kier alpha value is -2.77. The lowest BCUT2D eigenvalue weighted by molar-refractivity contribution is -0.384. The fraction of sp³-hybridized carbons (Fsp3) is 0.571. The van der Waals surface area contributed by atoms with Gasteiger partial charge >= 0.3 is 5.97 Å². The molecule has 0 saturated heterocycles. The van der Waals surface area contributed by atoms with Gasteiger partial charge in [0.2, 0.25) is 5.89 Å². The van der Waals surface area contributed by atoms with Crippen LogP contribution in [0.5, 0.6) is 0 Å². The Morgan fingerprint density at radius 3 is 2.31 bits per heavy atom. The van der Waals surface area contributed by atoms with E-state index in [0.29, 0.717) is 17.4 Å². The summed E-state index contributed by atoms with van der Waals surface area (Å²) in [7, 11) is 0. The number of esters is 1. The number of nitro benzene ring substituents is 1. The number of nitro groups is 1. The third-order valence-electron chi connectivity index (χ3n) is 6.91. The van der Waals surface area contributed by atoms with Crippen molar-refractivity contribution in [1.29, 1.82) is 0 Å². The number of aromatic nitrogens is 2. The number of non-ortho nitro benzene ring substituents is 1. The van der Waals surface area contributed by atoms with Crippen LogP contribution in [0.2, 0.25) is 0 Å². The fourth-order valence-electron chi connectivity index (χ4n) is 5.85. The minimum Gasteiger partial charge on any atom is -0.452 e. The van der Waals surface area contributed by atoms with E-state index in [9.17, 15) is 14.9 Å². The molecular weight excluding hydrogens is 374 g/mol. The van der Waals surface area contributed by atoms with Gasteiger partial charge in [0.25, 0.3) is 11.6 Å². The Balaban J connectivity index is 1.26. The van der Waals surface area contributed by atoms with Crippen LogP contribution in [0, 0.1) is 39.7 Å². The molecule has 4 aliphatic rings. The van der Waals surface area contributed by atoms with Crippen molar-refractivity contribution in [1.82, 2.24) is 10.2 Å². The minimum atomic E-state index is -0.626. The average Bonchev–Trinajstić information content (AvgIpc) is 3.17. The normalized spacial score (nSPS) is 30.9. The summed E-state index contributed by atoms with van der Waals surface area (Å²) in [6, 6.07) is 5.88. The Labute approximate surface area is 167 Å². The zero-order valence-electron chi connectivity index (χ0n) is 16.2. The van der Waals surface area contributed by atoms with Crippen molar-refractivity contribution in [3.8, 4) is 11.5 Å². The number of ether oxygens (including phenoxy) is 1. The van der Waals surface area contributed by atoms with Gasteiger partial charge < -0.3 is 9.15 Å². The first-order chi connectivity index (χ1) is 14.0. The van der Waals surface area contributed by atoms with Gasteiger partial charge in [-0.3, -0.25) is 14.9 Å². The van der Waals surface area contributed by atoms with Crippen LogP contribution in [-0.4, -0.2) is 21.1 Å². The van der Waals surface area contributed by atoms with Gasteiger partial charge in [-0.25, -0.2) is 0 Å². The molecule has 2 aromatic rings. The van der Waals surface area contributed by atoms with Crippen molar-refractivity contribution in [2.24, 2.45) is 29.6 Å². The Kier molecular flexibility index (Phi) is 4.37. The van der Waals surface area contributed by atoms with Crippen molar-refractivity contribution in [2.45, 2.75) is 45.1 Å². The molecule has 0 spiro atoms. The summed E-state index contributed by atoms with van der Waals surface area (Å²) in [5.74, 6) is 2.87. The van der Waals surface area contributed by atoms with E-state index in [2.05, 4.69) is 10.2 Å². The third-order valence-corrected chi connectivity index (χ3v) is 6.91. The van der Waals surface area contributed by atoms with Crippen LogP contribution in [-0.2, 0) is 9.53 Å². The molecule has 6 rings (SSSR count). The molecule has 8 nitrogen and oxygen atoms in total. The van der Waals surface area contributed by atoms with Gasteiger partial charge in [-0.15, -0.1) is 10.2 Å². The SMILES string of the molecule is C[C@H](OC(=O)C1C2CC3CC(C2)CC1C3)c1nnc(-c2ccc([N+](=O)[O-])cc2)o1. The van der Waals surface area contributed by atoms with E-state index in [1.807, 2.05) is 0 Å². The zero-order valence-corrected chi connectivity index (χ0v) is 16.2. The van der Waals surface area contributed by atoms with Crippen LogP contribution in [0.1, 0.15) is 51.0 Å². The number of hydrogen-bond donors (Lipinski definition) is 0.